The van der Waals surface area contributed by atoms with Crippen LogP contribution in [-0.2, 0) is 22.6 Å². The van der Waals surface area contributed by atoms with Crippen molar-refractivity contribution in [2.45, 2.75) is 44.7 Å². The van der Waals surface area contributed by atoms with E-state index < -0.39 is 23.0 Å². The summed E-state index contributed by atoms with van der Waals surface area (Å²) in [6.07, 6.45) is 4.46. The van der Waals surface area contributed by atoms with Gasteiger partial charge < -0.3 is 10.6 Å². The highest BCUT2D eigenvalue weighted by Crippen LogP contribution is 2.18. The van der Waals surface area contributed by atoms with Gasteiger partial charge in [0.2, 0.25) is 11.8 Å². The molecule has 1 aliphatic rings. The number of fused-ring (bicyclic) bond motifs is 1. The zero-order chi connectivity index (χ0) is 26.6. The summed E-state index contributed by atoms with van der Waals surface area (Å²) in [5.74, 6) is -1.10. The number of hydrogen-bond acceptors (Lipinski definition) is 4. The van der Waals surface area contributed by atoms with Crippen molar-refractivity contribution in [2.24, 2.45) is 0 Å². The first kappa shape index (κ1) is 25.1. The zero-order valence-electron chi connectivity index (χ0n) is 20.7. The molecule has 1 fully saturated rings. The molecule has 194 valence electrons. The van der Waals surface area contributed by atoms with E-state index >= 15 is 0 Å². The van der Waals surface area contributed by atoms with Gasteiger partial charge in [0.15, 0.2) is 0 Å². The Labute approximate surface area is 217 Å². The van der Waals surface area contributed by atoms with Crippen molar-refractivity contribution in [2.75, 3.05) is 5.32 Å². The fourth-order valence-electron chi connectivity index (χ4n) is 4.91. The van der Waals surface area contributed by atoms with Gasteiger partial charge in [0.25, 0.3) is 5.56 Å². The van der Waals surface area contributed by atoms with Gasteiger partial charge in [0, 0.05) is 11.7 Å². The molecule has 2 N–H and O–H groups in total. The van der Waals surface area contributed by atoms with Crippen LogP contribution in [0.2, 0.25) is 0 Å². The highest BCUT2D eigenvalue weighted by Gasteiger charge is 2.19. The average molecular weight is 515 g/mol. The number of nitrogens with one attached hydrogen (secondary N) is 2. The van der Waals surface area contributed by atoms with Crippen LogP contribution in [0.15, 0.2) is 82.4 Å². The first-order valence-corrected chi connectivity index (χ1v) is 12.6. The Balaban J connectivity index is 1.44. The van der Waals surface area contributed by atoms with E-state index in [4.69, 9.17) is 0 Å². The molecular weight excluding hydrogens is 487 g/mol. The van der Waals surface area contributed by atoms with E-state index in [0.29, 0.717) is 11.2 Å². The van der Waals surface area contributed by atoms with Gasteiger partial charge in [-0.15, -0.1) is 0 Å². The fraction of sp³-hybridized carbons (Fsp3) is 0.241. The maximum absolute atomic E-state index is 13.5. The molecule has 38 heavy (non-hydrogen) atoms. The van der Waals surface area contributed by atoms with Crippen molar-refractivity contribution in [3.05, 3.63) is 105 Å². The lowest BCUT2D eigenvalue weighted by Gasteiger charge is -2.15. The normalized spacial score (nSPS) is 13.5. The Morgan fingerprint density at radius 3 is 2.37 bits per heavy atom. The first-order chi connectivity index (χ1) is 18.4. The molecule has 1 aliphatic carbocycles. The maximum atomic E-state index is 13.5. The predicted molar refractivity (Wildman–Crippen MR) is 143 cm³/mol. The van der Waals surface area contributed by atoms with Crippen LogP contribution in [0.1, 0.15) is 31.2 Å². The summed E-state index contributed by atoms with van der Waals surface area (Å²) >= 11 is 0. The molecule has 9 heteroatoms. The SMILES string of the molecule is O=C(Cn1c(=O)n(-c2ccc(CC(=O)NC3CCCC3)cc2)c(=O)c2ccccc21)Nc1cccc(F)c1. The molecule has 2 amide bonds. The Morgan fingerprint density at radius 2 is 1.63 bits per heavy atom. The van der Waals surface area contributed by atoms with Gasteiger partial charge in [-0.3, -0.25) is 19.0 Å². The molecule has 0 saturated heterocycles. The third kappa shape index (κ3) is 5.41. The van der Waals surface area contributed by atoms with Crippen molar-refractivity contribution in [1.82, 2.24) is 14.5 Å². The monoisotopic (exact) mass is 514 g/mol. The Hall–Kier alpha value is -4.53. The topological polar surface area (TPSA) is 102 Å². The minimum atomic E-state index is -0.685. The summed E-state index contributed by atoms with van der Waals surface area (Å²) in [5, 5.41) is 5.91. The quantitative estimate of drug-likeness (QED) is 0.394. The molecule has 8 nitrogen and oxygen atoms in total. The van der Waals surface area contributed by atoms with Gasteiger partial charge in [-0.05, 0) is 60.9 Å². The van der Waals surface area contributed by atoms with Crippen LogP contribution in [0.3, 0.4) is 0 Å². The van der Waals surface area contributed by atoms with E-state index in [0.717, 1.165) is 35.8 Å². The number of rotatable bonds is 7. The van der Waals surface area contributed by atoms with Gasteiger partial charge in [-0.25, -0.2) is 13.8 Å². The molecule has 1 aromatic heterocycles. The second kappa shape index (κ2) is 10.8. The Morgan fingerprint density at radius 1 is 0.895 bits per heavy atom. The number of anilines is 1. The highest BCUT2D eigenvalue weighted by molar-refractivity contribution is 5.91. The largest absolute Gasteiger partial charge is 0.353 e. The van der Waals surface area contributed by atoms with Crippen molar-refractivity contribution in [3.8, 4) is 5.69 Å². The number of carbonyl (C=O) groups excluding carboxylic acids is 2. The molecular formula is C29H27FN4O4. The van der Waals surface area contributed by atoms with Crippen LogP contribution in [0, 0.1) is 5.82 Å². The van der Waals surface area contributed by atoms with E-state index in [1.54, 1.807) is 54.6 Å². The van der Waals surface area contributed by atoms with Crippen molar-refractivity contribution >= 4 is 28.4 Å². The summed E-state index contributed by atoms with van der Waals surface area (Å²) < 4.78 is 15.8. The van der Waals surface area contributed by atoms with Crippen molar-refractivity contribution < 1.29 is 14.0 Å². The van der Waals surface area contributed by atoms with Crippen molar-refractivity contribution in [1.29, 1.82) is 0 Å². The fourth-order valence-corrected chi connectivity index (χ4v) is 4.91. The van der Waals surface area contributed by atoms with Gasteiger partial charge >= 0.3 is 5.69 Å². The summed E-state index contributed by atoms with van der Waals surface area (Å²) in [7, 11) is 0. The van der Waals surface area contributed by atoms with E-state index in [9.17, 15) is 23.6 Å². The summed E-state index contributed by atoms with van der Waals surface area (Å²) in [6, 6.07) is 18.9. The maximum Gasteiger partial charge on any atom is 0.336 e. The molecule has 0 atom stereocenters. The molecule has 5 rings (SSSR count). The lowest BCUT2D eigenvalue weighted by atomic mass is 10.1. The number of nitrogens with zero attached hydrogens (tertiary/aromatic N) is 2. The molecule has 4 aromatic rings. The summed E-state index contributed by atoms with van der Waals surface area (Å²) in [5.41, 5.74) is 0.452. The number of carbonyl (C=O) groups is 2. The van der Waals surface area contributed by atoms with Crippen LogP contribution < -0.4 is 21.9 Å². The van der Waals surface area contributed by atoms with Gasteiger partial charge in [-0.2, -0.15) is 0 Å². The molecule has 0 spiro atoms. The molecule has 0 unspecified atom stereocenters. The standard InChI is InChI=1S/C29H27FN4O4/c30-20-6-5-9-22(17-20)32-27(36)18-33-25-11-4-3-10-24(25)28(37)34(29(33)38)23-14-12-19(13-15-23)16-26(35)31-21-7-1-2-8-21/h3-6,9-15,17,21H,1-2,7-8,16,18H2,(H,31,35)(H,32,36). The van der Waals surface area contributed by atoms with E-state index in [-0.39, 0.29) is 36.0 Å². The number of benzene rings is 3. The lowest BCUT2D eigenvalue weighted by Crippen LogP contribution is -2.40. The number of halogens is 1. The predicted octanol–water partition coefficient (Wildman–Crippen LogP) is 3.53. The number of amides is 2. The smallest absolute Gasteiger partial charge is 0.336 e. The van der Waals surface area contributed by atoms with Crippen LogP contribution >= 0.6 is 0 Å². The molecule has 1 heterocycles. The molecule has 1 saturated carbocycles. The number of para-hydroxylation sites is 1. The highest BCUT2D eigenvalue weighted by atomic mass is 19.1. The van der Waals surface area contributed by atoms with E-state index in [1.807, 2.05) is 0 Å². The summed E-state index contributed by atoms with van der Waals surface area (Å²) in [6.45, 7) is -0.379. The van der Waals surface area contributed by atoms with Gasteiger partial charge in [0.1, 0.15) is 12.4 Å². The summed E-state index contributed by atoms with van der Waals surface area (Å²) in [4.78, 5) is 52.0. The van der Waals surface area contributed by atoms with Crippen LogP contribution in [0.25, 0.3) is 16.6 Å². The van der Waals surface area contributed by atoms with Gasteiger partial charge in [0.05, 0.1) is 23.0 Å². The van der Waals surface area contributed by atoms with E-state index in [2.05, 4.69) is 10.6 Å². The second-order valence-corrected chi connectivity index (χ2v) is 9.48. The average Bonchev–Trinajstić information content (AvgIpc) is 3.40. The second-order valence-electron chi connectivity index (χ2n) is 9.48. The molecule has 3 aromatic carbocycles. The number of aromatic nitrogens is 2. The molecule has 0 aliphatic heterocycles. The van der Waals surface area contributed by atoms with Crippen LogP contribution in [0.4, 0.5) is 10.1 Å². The Bertz CT molecular complexity index is 1620. The first-order valence-electron chi connectivity index (χ1n) is 12.6. The van der Waals surface area contributed by atoms with Crippen LogP contribution in [0.5, 0.6) is 0 Å². The minimum Gasteiger partial charge on any atom is -0.353 e. The lowest BCUT2D eigenvalue weighted by molar-refractivity contribution is -0.121. The van der Waals surface area contributed by atoms with E-state index in [1.165, 1.54) is 22.8 Å². The van der Waals surface area contributed by atoms with Crippen LogP contribution in [-0.4, -0.2) is 27.0 Å². The third-order valence-electron chi connectivity index (χ3n) is 6.74. The third-order valence-corrected chi connectivity index (χ3v) is 6.74. The van der Waals surface area contributed by atoms with Crippen molar-refractivity contribution in [3.63, 3.8) is 0 Å². The Kier molecular flexibility index (Phi) is 7.17. The molecule has 0 bridgehead atoms. The number of hydrogen-bond donors (Lipinski definition) is 2. The zero-order valence-corrected chi connectivity index (χ0v) is 20.7. The van der Waals surface area contributed by atoms with Gasteiger partial charge in [-0.1, -0.05) is 43.2 Å². The minimum absolute atomic E-state index is 0.0563. The molecule has 0 radical (unpaired) electrons.